The number of aryl methyl sites for hydroxylation is 1. The van der Waals surface area contributed by atoms with Gasteiger partial charge < -0.3 is 10.1 Å². The van der Waals surface area contributed by atoms with Crippen LogP contribution in [-0.2, 0) is 11.3 Å². The van der Waals surface area contributed by atoms with Crippen molar-refractivity contribution in [3.8, 4) is 0 Å². The van der Waals surface area contributed by atoms with E-state index in [9.17, 15) is 9.59 Å². The summed E-state index contributed by atoms with van der Waals surface area (Å²) in [5, 5.41) is 9.74. The Hall–Kier alpha value is -2.45. The van der Waals surface area contributed by atoms with Gasteiger partial charge in [-0.25, -0.2) is 4.79 Å². The summed E-state index contributed by atoms with van der Waals surface area (Å²) in [6.07, 6.45) is 1.40. The first kappa shape index (κ1) is 17.9. The zero-order valence-electron chi connectivity index (χ0n) is 13.0. The molecule has 1 aromatic heterocycles. The molecule has 126 valence electrons. The number of amides is 1. The van der Waals surface area contributed by atoms with Gasteiger partial charge in [-0.2, -0.15) is 5.10 Å². The van der Waals surface area contributed by atoms with Gasteiger partial charge in [-0.05, 0) is 43.4 Å². The second-order valence-corrected chi connectivity index (χ2v) is 5.45. The van der Waals surface area contributed by atoms with Crippen molar-refractivity contribution in [1.82, 2.24) is 15.1 Å². The molecule has 0 unspecified atom stereocenters. The van der Waals surface area contributed by atoms with Gasteiger partial charge in [0.25, 0.3) is 5.91 Å². The Morgan fingerprint density at radius 3 is 2.58 bits per heavy atom. The van der Waals surface area contributed by atoms with Gasteiger partial charge in [-0.3, -0.25) is 14.8 Å². The number of hydrogen-bond acceptors (Lipinski definition) is 5. The topological polar surface area (TPSA) is 85.3 Å². The Balaban J connectivity index is 2.01. The highest BCUT2D eigenvalue weighted by molar-refractivity contribution is 7.80. The van der Waals surface area contributed by atoms with Crippen LogP contribution in [-0.4, -0.2) is 33.9 Å². The molecule has 1 aromatic carbocycles. The molecule has 0 spiro atoms. The number of methoxy groups -OCH3 is 1. The number of nitrogens with one attached hydrogen (secondary N) is 2. The van der Waals surface area contributed by atoms with Gasteiger partial charge in [0, 0.05) is 12.2 Å². The third-order valence-electron chi connectivity index (χ3n) is 3.10. The second kappa shape index (κ2) is 7.89. The van der Waals surface area contributed by atoms with Crippen LogP contribution in [0.2, 0.25) is 5.02 Å². The number of thiocarbonyl (C=S) groups is 1. The predicted octanol–water partition coefficient (Wildman–Crippen LogP) is 2.47. The molecule has 7 nitrogen and oxygen atoms in total. The monoisotopic (exact) mass is 366 g/mol. The average Bonchev–Trinajstić information content (AvgIpc) is 2.95. The standard InChI is InChI=1S/C15H15ClN4O3S/c1-3-20-12(11(16)8-17-20)13(21)19-15(24)18-10-6-4-9(5-7-10)14(22)23-2/h4-8H,3H2,1-2H3,(H2,18,19,21,24). The minimum absolute atomic E-state index is 0.103. The maximum atomic E-state index is 12.2. The van der Waals surface area contributed by atoms with E-state index in [0.717, 1.165) is 0 Å². The van der Waals surface area contributed by atoms with Crippen LogP contribution in [0.25, 0.3) is 0 Å². The fourth-order valence-electron chi connectivity index (χ4n) is 1.96. The highest BCUT2D eigenvalue weighted by atomic mass is 35.5. The second-order valence-electron chi connectivity index (χ2n) is 4.63. The largest absolute Gasteiger partial charge is 0.465 e. The lowest BCUT2D eigenvalue weighted by molar-refractivity contribution is 0.0600. The number of carbonyl (C=O) groups excluding carboxylic acids is 2. The molecule has 9 heteroatoms. The van der Waals surface area contributed by atoms with Crippen LogP contribution in [0.5, 0.6) is 0 Å². The van der Waals surface area contributed by atoms with E-state index in [1.54, 1.807) is 24.3 Å². The number of rotatable bonds is 4. The molecule has 0 aliphatic rings. The lowest BCUT2D eigenvalue weighted by Crippen LogP contribution is -2.35. The normalized spacial score (nSPS) is 10.1. The summed E-state index contributed by atoms with van der Waals surface area (Å²) >= 11 is 11.1. The average molecular weight is 367 g/mol. The summed E-state index contributed by atoms with van der Waals surface area (Å²) in [5.74, 6) is -0.886. The lowest BCUT2D eigenvalue weighted by atomic mass is 10.2. The first-order chi connectivity index (χ1) is 11.5. The van der Waals surface area contributed by atoms with E-state index in [1.165, 1.54) is 18.0 Å². The van der Waals surface area contributed by atoms with Crippen LogP contribution in [0, 0.1) is 0 Å². The minimum Gasteiger partial charge on any atom is -0.465 e. The Kier molecular flexibility index (Phi) is 5.88. The molecule has 1 heterocycles. The van der Waals surface area contributed by atoms with Crippen molar-refractivity contribution in [2.45, 2.75) is 13.5 Å². The van der Waals surface area contributed by atoms with Crippen molar-refractivity contribution < 1.29 is 14.3 Å². The summed E-state index contributed by atoms with van der Waals surface area (Å²) in [7, 11) is 1.31. The summed E-state index contributed by atoms with van der Waals surface area (Å²) in [5.41, 5.74) is 1.27. The molecule has 0 aliphatic carbocycles. The van der Waals surface area contributed by atoms with E-state index in [-0.39, 0.29) is 15.8 Å². The molecule has 0 aliphatic heterocycles. The van der Waals surface area contributed by atoms with Gasteiger partial charge in [0.2, 0.25) is 0 Å². The van der Waals surface area contributed by atoms with Gasteiger partial charge in [-0.15, -0.1) is 0 Å². The number of ether oxygens (including phenoxy) is 1. The Morgan fingerprint density at radius 1 is 1.33 bits per heavy atom. The number of hydrogen-bond donors (Lipinski definition) is 2. The van der Waals surface area contributed by atoms with E-state index < -0.39 is 11.9 Å². The quantitative estimate of drug-likeness (QED) is 0.638. The highest BCUT2D eigenvalue weighted by Crippen LogP contribution is 2.15. The number of nitrogens with zero attached hydrogens (tertiary/aromatic N) is 2. The van der Waals surface area contributed by atoms with Crippen molar-refractivity contribution in [2.75, 3.05) is 12.4 Å². The van der Waals surface area contributed by atoms with Crippen molar-refractivity contribution in [1.29, 1.82) is 0 Å². The molecule has 24 heavy (non-hydrogen) atoms. The van der Waals surface area contributed by atoms with Crippen LogP contribution >= 0.6 is 23.8 Å². The fourth-order valence-corrected chi connectivity index (χ4v) is 2.40. The van der Waals surface area contributed by atoms with E-state index in [2.05, 4.69) is 20.5 Å². The molecule has 1 amide bonds. The van der Waals surface area contributed by atoms with Crippen molar-refractivity contribution >= 4 is 46.5 Å². The molecule has 0 saturated heterocycles. The SMILES string of the molecule is CCn1ncc(Cl)c1C(=O)NC(=S)Nc1ccc(C(=O)OC)cc1. The fraction of sp³-hybridized carbons (Fsp3) is 0.200. The van der Waals surface area contributed by atoms with Crippen molar-refractivity contribution in [2.24, 2.45) is 0 Å². The molecule has 2 rings (SSSR count). The van der Waals surface area contributed by atoms with Crippen molar-refractivity contribution in [3.63, 3.8) is 0 Å². The number of carbonyl (C=O) groups is 2. The zero-order chi connectivity index (χ0) is 17.7. The Labute approximate surface area is 148 Å². The molecule has 2 aromatic rings. The Bertz CT molecular complexity index is 774. The Morgan fingerprint density at radius 2 is 2.00 bits per heavy atom. The first-order valence-electron chi connectivity index (χ1n) is 6.98. The predicted molar refractivity (Wildman–Crippen MR) is 94.4 cm³/mol. The van der Waals surface area contributed by atoms with E-state index >= 15 is 0 Å². The molecule has 0 radical (unpaired) electrons. The number of halogens is 1. The summed E-state index contributed by atoms with van der Waals surface area (Å²) in [6.45, 7) is 2.35. The maximum Gasteiger partial charge on any atom is 0.337 e. The van der Waals surface area contributed by atoms with Crippen molar-refractivity contribution in [3.05, 3.63) is 46.7 Å². The summed E-state index contributed by atoms with van der Waals surface area (Å²) in [4.78, 5) is 23.6. The molecule has 0 saturated carbocycles. The lowest BCUT2D eigenvalue weighted by Gasteiger charge is -2.11. The van der Waals surface area contributed by atoms with Crippen LogP contribution in [0.15, 0.2) is 30.5 Å². The van der Waals surface area contributed by atoms with Crippen LogP contribution < -0.4 is 10.6 Å². The molecular formula is C15H15ClN4O3S. The molecule has 0 fully saturated rings. The number of esters is 1. The van der Waals surface area contributed by atoms with Crippen LogP contribution in [0.1, 0.15) is 27.8 Å². The summed E-state index contributed by atoms with van der Waals surface area (Å²) < 4.78 is 6.10. The molecule has 2 N–H and O–H groups in total. The highest BCUT2D eigenvalue weighted by Gasteiger charge is 2.17. The van der Waals surface area contributed by atoms with Crippen LogP contribution in [0.4, 0.5) is 5.69 Å². The van der Waals surface area contributed by atoms with Gasteiger partial charge in [0.1, 0.15) is 5.69 Å². The van der Waals surface area contributed by atoms with Gasteiger partial charge in [-0.1, -0.05) is 11.6 Å². The number of anilines is 1. The van der Waals surface area contributed by atoms with Crippen LogP contribution in [0.3, 0.4) is 0 Å². The third-order valence-corrected chi connectivity index (χ3v) is 3.58. The smallest absolute Gasteiger partial charge is 0.337 e. The third kappa shape index (κ3) is 4.09. The van der Waals surface area contributed by atoms with Gasteiger partial charge in [0.15, 0.2) is 5.11 Å². The van der Waals surface area contributed by atoms with Gasteiger partial charge in [0.05, 0.1) is 23.9 Å². The molecule has 0 bridgehead atoms. The first-order valence-corrected chi connectivity index (χ1v) is 7.77. The van der Waals surface area contributed by atoms with E-state index in [4.69, 9.17) is 23.8 Å². The molecular weight excluding hydrogens is 352 g/mol. The minimum atomic E-state index is -0.456. The maximum absolute atomic E-state index is 12.2. The zero-order valence-corrected chi connectivity index (χ0v) is 14.6. The van der Waals surface area contributed by atoms with Gasteiger partial charge >= 0.3 is 5.97 Å². The van der Waals surface area contributed by atoms with E-state index in [1.807, 2.05) is 6.92 Å². The summed E-state index contributed by atoms with van der Waals surface area (Å²) in [6, 6.07) is 6.46. The number of benzene rings is 1. The number of aromatic nitrogens is 2. The molecule has 0 atom stereocenters. The van der Waals surface area contributed by atoms with E-state index in [0.29, 0.717) is 17.8 Å².